The zero-order chi connectivity index (χ0) is 15.1. The summed E-state index contributed by atoms with van der Waals surface area (Å²) in [6.07, 6.45) is 0. The fourth-order valence-electron chi connectivity index (χ4n) is 1.71. The minimum Gasteiger partial charge on any atom is -0.384 e. The van der Waals surface area contributed by atoms with E-state index in [4.69, 9.17) is 5.11 Å². The maximum absolute atomic E-state index is 11.9. The van der Waals surface area contributed by atoms with E-state index in [2.05, 4.69) is 27.5 Å². The fourth-order valence-corrected chi connectivity index (χ4v) is 1.71. The molecule has 0 unspecified atom stereocenters. The number of hydrogen-bond donors (Lipinski definition) is 3. The van der Waals surface area contributed by atoms with Crippen LogP contribution in [0.5, 0.6) is 0 Å². The van der Waals surface area contributed by atoms with E-state index in [1.807, 2.05) is 31.2 Å². The molecule has 2 rings (SSSR count). The van der Waals surface area contributed by atoms with E-state index < -0.39 is 0 Å². The number of hydrogen-bond acceptors (Lipinski definition) is 3. The molecule has 0 fully saturated rings. The molecule has 2 aromatic rings. The Morgan fingerprint density at radius 2 is 2.05 bits per heavy atom. The number of carbonyl (C=O) groups is 1. The highest BCUT2D eigenvalue weighted by Crippen LogP contribution is 2.10. The second kappa shape index (κ2) is 7.08. The molecule has 5 nitrogen and oxygen atoms in total. The van der Waals surface area contributed by atoms with Crippen LogP contribution in [-0.2, 0) is 0 Å². The molecule has 0 radical (unpaired) electrons. The number of carbonyl (C=O) groups excluding carboxylic acids is 1. The van der Waals surface area contributed by atoms with Crippen LogP contribution in [-0.4, -0.2) is 22.7 Å². The van der Waals surface area contributed by atoms with E-state index in [1.165, 1.54) is 0 Å². The van der Waals surface area contributed by atoms with Gasteiger partial charge in [-0.05, 0) is 42.7 Å². The molecule has 0 aliphatic carbocycles. The number of aliphatic hydroxyl groups excluding tert-OH is 1. The highest BCUT2D eigenvalue weighted by molar-refractivity contribution is 5.99. The average Bonchev–Trinajstić information content (AvgIpc) is 2.45. The van der Waals surface area contributed by atoms with Gasteiger partial charge in [-0.25, -0.2) is 9.78 Å². The first-order chi connectivity index (χ1) is 10.2. The van der Waals surface area contributed by atoms with Crippen molar-refractivity contribution >= 4 is 17.5 Å². The van der Waals surface area contributed by atoms with Crippen molar-refractivity contribution in [2.75, 3.05) is 17.2 Å². The summed E-state index contributed by atoms with van der Waals surface area (Å²) < 4.78 is 0. The highest BCUT2D eigenvalue weighted by atomic mass is 16.2. The number of aryl methyl sites for hydroxylation is 1. The van der Waals surface area contributed by atoms with Crippen LogP contribution in [0.3, 0.4) is 0 Å². The van der Waals surface area contributed by atoms with Crippen molar-refractivity contribution in [1.82, 2.24) is 4.98 Å². The van der Waals surface area contributed by atoms with E-state index in [0.29, 0.717) is 17.2 Å². The van der Waals surface area contributed by atoms with Crippen molar-refractivity contribution in [1.29, 1.82) is 0 Å². The van der Waals surface area contributed by atoms with Gasteiger partial charge in [0.25, 0.3) is 0 Å². The molecule has 0 aliphatic heterocycles. The Hall–Kier alpha value is -2.84. The molecular weight excluding hydrogens is 266 g/mol. The minimum atomic E-state index is -0.375. The predicted molar refractivity (Wildman–Crippen MR) is 82.0 cm³/mol. The van der Waals surface area contributed by atoms with Crippen molar-refractivity contribution < 1.29 is 9.90 Å². The minimum absolute atomic E-state index is 0.229. The number of nitrogens with zero attached hydrogens (tertiary/aromatic N) is 1. The number of benzene rings is 1. The summed E-state index contributed by atoms with van der Waals surface area (Å²) in [5.41, 5.74) is 2.26. The molecule has 0 saturated carbocycles. The SMILES string of the molecule is Cc1cccc(NC(=O)Nc2cccc(C#CCO)n2)c1. The number of nitrogens with one attached hydrogen (secondary N) is 2. The summed E-state index contributed by atoms with van der Waals surface area (Å²) >= 11 is 0. The van der Waals surface area contributed by atoms with Gasteiger partial charge in [-0.2, -0.15) is 0 Å². The normalized spacial score (nSPS) is 9.43. The Kier molecular flexibility index (Phi) is 4.91. The average molecular weight is 281 g/mol. The quantitative estimate of drug-likeness (QED) is 0.740. The third kappa shape index (κ3) is 4.64. The molecule has 106 valence electrons. The molecular formula is C16H15N3O2. The number of urea groups is 1. The number of rotatable bonds is 2. The highest BCUT2D eigenvalue weighted by Gasteiger charge is 2.04. The van der Waals surface area contributed by atoms with Gasteiger partial charge in [0.05, 0.1) is 0 Å². The molecule has 0 aliphatic rings. The van der Waals surface area contributed by atoms with Crippen LogP contribution in [0.1, 0.15) is 11.3 Å². The topological polar surface area (TPSA) is 74.2 Å². The monoisotopic (exact) mass is 281 g/mol. The van der Waals surface area contributed by atoms with Crippen LogP contribution in [0.25, 0.3) is 0 Å². The van der Waals surface area contributed by atoms with E-state index in [1.54, 1.807) is 18.2 Å². The molecule has 1 aromatic carbocycles. The Labute approximate surface area is 123 Å². The summed E-state index contributed by atoms with van der Waals surface area (Å²) in [4.78, 5) is 16.0. The lowest BCUT2D eigenvalue weighted by Gasteiger charge is -2.07. The molecule has 0 spiro atoms. The first kappa shape index (κ1) is 14.6. The van der Waals surface area contributed by atoms with Gasteiger partial charge in [-0.1, -0.05) is 24.1 Å². The summed E-state index contributed by atoms with van der Waals surface area (Å²) in [5.74, 6) is 5.58. The summed E-state index contributed by atoms with van der Waals surface area (Å²) in [6, 6.07) is 12.2. The number of aliphatic hydroxyl groups is 1. The van der Waals surface area contributed by atoms with E-state index in [-0.39, 0.29) is 12.6 Å². The molecule has 3 N–H and O–H groups in total. The van der Waals surface area contributed by atoms with Gasteiger partial charge in [0.15, 0.2) is 0 Å². The Morgan fingerprint density at radius 3 is 2.81 bits per heavy atom. The smallest absolute Gasteiger partial charge is 0.324 e. The van der Waals surface area contributed by atoms with Crippen LogP contribution in [0, 0.1) is 18.8 Å². The van der Waals surface area contributed by atoms with Gasteiger partial charge in [-0.15, -0.1) is 0 Å². The maximum Gasteiger partial charge on any atom is 0.324 e. The van der Waals surface area contributed by atoms with Gasteiger partial charge in [0, 0.05) is 5.69 Å². The van der Waals surface area contributed by atoms with Crippen molar-refractivity contribution in [3.8, 4) is 11.8 Å². The maximum atomic E-state index is 11.9. The van der Waals surface area contributed by atoms with Crippen molar-refractivity contribution in [2.45, 2.75) is 6.92 Å². The summed E-state index contributed by atoms with van der Waals surface area (Å²) in [5, 5.41) is 14.0. The molecule has 1 aromatic heterocycles. The second-order valence-electron chi connectivity index (χ2n) is 4.32. The lowest BCUT2D eigenvalue weighted by Crippen LogP contribution is -2.20. The molecule has 1 heterocycles. The molecule has 0 atom stereocenters. The predicted octanol–water partition coefficient (Wildman–Crippen LogP) is 2.38. The van der Waals surface area contributed by atoms with Gasteiger partial charge in [0.2, 0.25) is 0 Å². The molecule has 5 heteroatoms. The third-order valence-corrected chi connectivity index (χ3v) is 2.56. The first-order valence-electron chi connectivity index (χ1n) is 6.39. The van der Waals surface area contributed by atoms with Crippen molar-refractivity contribution in [3.63, 3.8) is 0 Å². The molecule has 21 heavy (non-hydrogen) atoms. The Balaban J connectivity index is 2.02. The molecule has 0 saturated heterocycles. The standard InChI is InChI=1S/C16H15N3O2/c1-12-5-2-7-14(11-12)18-16(21)19-15-9-3-6-13(17-15)8-4-10-20/h2-3,5-7,9,11,20H,10H2,1H3,(H2,17,18,19,21). The largest absolute Gasteiger partial charge is 0.384 e. The lowest BCUT2D eigenvalue weighted by atomic mass is 10.2. The van der Waals surface area contributed by atoms with Gasteiger partial charge < -0.3 is 10.4 Å². The van der Waals surface area contributed by atoms with Gasteiger partial charge >= 0.3 is 6.03 Å². The van der Waals surface area contributed by atoms with Crippen LogP contribution >= 0.6 is 0 Å². The Morgan fingerprint density at radius 1 is 1.24 bits per heavy atom. The zero-order valence-corrected chi connectivity index (χ0v) is 11.6. The van der Waals surface area contributed by atoms with Crippen LogP contribution in [0.15, 0.2) is 42.5 Å². The number of pyridine rings is 1. The van der Waals surface area contributed by atoms with Crippen molar-refractivity contribution in [2.24, 2.45) is 0 Å². The number of amides is 2. The van der Waals surface area contributed by atoms with Gasteiger partial charge in [-0.3, -0.25) is 5.32 Å². The summed E-state index contributed by atoms with van der Waals surface area (Å²) in [6.45, 7) is 1.72. The lowest BCUT2D eigenvalue weighted by molar-refractivity contribution is 0.262. The van der Waals surface area contributed by atoms with E-state index in [0.717, 1.165) is 5.56 Å². The number of aromatic nitrogens is 1. The zero-order valence-electron chi connectivity index (χ0n) is 11.6. The molecule has 2 amide bonds. The second-order valence-corrected chi connectivity index (χ2v) is 4.32. The van der Waals surface area contributed by atoms with E-state index in [9.17, 15) is 4.79 Å². The number of anilines is 2. The van der Waals surface area contributed by atoms with Crippen molar-refractivity contribution in [3.05, 3.63) is 53.7 Å². The Bertz CT molecular complexity index is 702. The van der Waals surface area contributed by atoms with Crippen LogP contribution in [0.4, 0.5) is 16.3 Å². The third-order valence-electron chi connectivity index (χ3n) is 2.56. The van der Waals surface area contributed by atoms with Gasteiger partial charge in [0.1, 0.15) is 18.1 Å². The van der Waals surface area contributed by atoms with E-state index >= 15 is 0 Å². The molecule has 0 bridgehead atoms. The fraction of sp³-hybridized carbons (Fsp3) is 0.125. The van der Waals surface area contributed by atoms with Crippen LogP contribution < -0.4 is 10.6 Å². The first-order valence-corrected chi connectivity index (χ1v) is 6.39. The summed E-state index contributed by atoms with van der Waals surface area (Å²) in [7, 11) is 0. The van der Waals surface area contributed by atoms with Crippen LogP contribution in [0.2, 0.25) is 0 Å².